The molecule has 3 N–H and O–H groups in total. The van der Waals surface area contributed by atoms with Crippen molar-refractivity contribution < 1.29 is 23.4 Å². The predicted octanol–water partition coefficient (Wildman–Crippen LogP) is 2.20. The van der Waals surface area contributed by atoms with Crippen LogP contribution < -0.4 is 5.32 Å². The van der Waals surface area contributed by atoms with Crippen LogP contribution in [0.5, 0.6) is 11.5 Å². The van der Waals surface area contributed by atoms with Gasteiger partial charge in [0, 0.05) is 18.7 Å². The third-order valence-corrected chi connectivity index (χ3v) is 4.92. The molecule has 0 radical (unpaired) electrons. The molecule has 0 atom stereocenters. The summed E-state index contributed by atoms with van der Waals surface area (Å²) in [6, 6.07) is 7.99. The van der Waals surface area contributed by atoms with E-state index in [0.29, 0.717) is 11.3 Å². The Kier molecular flexibility index (Phi) is 4.09. The molecule has 6 nitrogen and oxygen atoms in total. The van der Waals surface area contributed by atoms with E-state index in [-0.39, 0.29) is 21.4 Å². The molecule has 22 heavy (non-hydrogen) atoms. The van der Waals surface area contributed by atoms with Crippen molar-refractivity contribution in [3.63, 3.8) is 0 Å². The molecule has 2 aromatic carbocycles. The molecule has 0 saturated heterocycles. The van der Waals surface area contributed by atoms with Gasteiger partial charge in [-0.1, -0.05) is 6.07 Å². The predicted molar refractivity (Wildman–Crippen MR) is 80.7 cm³/mol. The number of nitrogens with one attached hydrogen (secondary N) is 1. The molecule has 0 unspecified atom stereocenters. The fraction of sp³-hybridized carbons (Fsp3) is 0.133. The van der Waals surface area contributed by atoms with E-state index in [1.807, 2.05) is 0 Å². The summed E-state index contributed by atoms with van der Waals surface area (Å²) in [6.45, 7) is 2.84. The molecule has 0 bridgehead atoms. The van der Waals surface area contributed by atoms with Gasteiger partial charge in [-0.05, 0) is 36.8 Å². The first-order chi connectivity index (χ1) is 10.2. The normalized spacial score (nSPS) is 11.2. The Morgan fingerprint density at radius 2 is 1.73 bits per heavy atom. The summed E-state index contributed by atoms with van der Waals surface area (Å²) in [7, 11) is -3.89. The van der Waals surface area contributed by atoms with Crippen molar-refractivity contribution in [3.8, 4) is 11.5 Å². The van der Waals surface area contributed by atoms with Crippen LogP contribution in [-0.2, 0) is 14.6 Å². The molecular formula is C15H15NO5S. The minimum Gasteiger partial charge on any atom is -0.504 e. The maximum atomic E-state index is 12.7. The van der Waals surface area contributed by atoms with Gasteiger partial charge in [-0.25, -0.2) is 8.42 Å². The molecular weight excluding hydrogens is 306 g/mol. The van der Waals surface area contributed by atoms with E-state index in [1.54, 1.807) is 6.07 Å². The van der Waals surface area contributed by atoms with E-state index in [2.05, 4.69) is 5.32 Å². The first-order valence-electron chi connectivity index (χ1n) is 6.37. The van der Waals surface area contributed by atoms with Crippen molar-refractivity contribution in [2.75, 3.05) is 5.32 Å². The number of amides is 1. The lowest BCUT2D eigenvalue weighted by Gasteiger charge is -2.11. The van der Waals surface area contributed by atoms with Crippen LogP contribution in [0.15, 0.2) is 46.2 Å². The summed E-state index contributed by atoms with van der Waals surface area (Å²) >= 11 is 0. The van der Waals surface area contributed by atoms with Crippen molar-refractivity contribution in [2.45, 2.75) is 23.6 Å². The SMILES string of the molecule is CC(=O)Nc1cccc(S(=O)(=O)c2cc(O)c(O)cc2C)c1. The minimum atomic E-state index is -3.89. The van der Waals surface area contributed by atoms with Gasteiger partial charge in [0.05, 0.1) is 9.79 Å². The van der Waals surface area contributed by atoms with Gasteiger partial charge in [0.15, 0.2) is 11.5 Å². The third-order valence-electron chi connectivity index (χ3n) is 3.03. The molecule has 0 aliphatic rings. The molecule has 7 heteroatoms. The van der Waals surface area contributed by atoms with Gasteiger partial charge in [-0.2, -0.15) is 0 Å². The quantitative estimate of drug-likeness (QED) is 0.752. The molecule has 2 rings (SSSR count). The van der Waals surface area contributed by atoms with Crippen LogP contribution in [0.4, 0.5) is 5.69 Å². The van der Waals surface area contributed by atoms with Crippen molar-refractivity contribution in [1.82, 2.24) is 0 Å². The van der Waals surface area contributed by atoms with Crippen LogP contribution in [0, 0.1) is 6.92 Å². The van der Waals surface area contributed by atoms with Crippen LogP contribution in [0.25, 0.3) is 0 Å². The van der Waals surface area contributed by atoms with Gasteiger partial charge in [-0.15, -0.1) is 0 Å². The number of anilines is 1. The number of carbonyl (C=O) groups excluding carboxylic acids is 1. The van der Waals surface area contributed by atoms with Gasteiger partial charge in [0.1, 0.15) is 0 Å². The molecule has 0 aliphatic heterocycles. The van der Waals surface area contributed by atoms with E-state index in [0.717, 1.165) is 6.07 Å². The maximum absolute atomic E-state index is 12.7. The average molecular weight is 321 g/mol. The average Bonchev–Trinajstić information content (AvgIpc) is 2.42. The largest absolute Gasteiger partial charge is 0.504 e. The van der Waals surface area contributed by atoms with Gasteiger partial charge >= 0.3 is 0 Å². The number of benzene rings is 2. The second-order valence-electron chi connectivity index (χ2n) is 4.82. The highest BCUT2D eigenvalue weighted by molar-refractivity contribution is 7.91. The maximum Gasteiger partial charge on any atom is 0.221 e. The molecule has 0 spiro atoms. The topological polar surface area (TPSA) is 104 Å². The van der Waals surface area contributed by atoms with Crippen LogP contribution in [0.1, 0.15) is 12.5 Å². The Hall–Kier alpha value is -2.54. The van der Waals surface area contributed by atoms with Gasteiger partial charge in [-0.3, -0.25) is 4.79 Å². The number of aryl methyl sites for hydroxylation is 1. The van der Waals surface area contributed by atoms with Crippen LogP contribution in [0.2, 0.25) is 0 Å². The van der Waals surface area contributed by atoms with E-state index in [9.17, 15) is 23.4 Å². The summed E-state index contributed by atoms with van der Waals surface area (Å²) in [5, 5.41) is 21.5. The summed E-state index contributed by atoms with van der Waals surface area (Å²) in [5.74, 6) is -1.21. The van der Waals surface area contributed by atoms with Crippen molar-refractivity contribution >= 4 is 21.4 Å². The molecule has 0 aliphatic carbocycles. The lowest BCUT2D eigenvalue weighted by Crippen LogP contribution is -2.08. The lowest BCUT2D eigenvalue weighted by molar-refractivity contribution is -0.114. The highest BCUT2D eigenvalue weighted by atomic mass is 32.2. The van der Waals surface area contributed by atoms with Crippen LogP contribution in [-0.4, -0.2) is 24.5 Å². The van der Waals surface area contributed by atoms with Crippen LogP contribution >= 0.6 is 0 Å². The van der Waals surface area contributed by atoms with Gasteiger partial charge in [0.2, 0.25) is 15.7 Å². The van der Waals surface area contributed by atoms with E-state index in [1.165, 1.54) is 38.1 Å². The summed E-state index contributed by atoms with van der Waals surface area (Å²) in [6.07, 6.45) is 0. The summed E-state index contributed by atoms with van der Waals surface area (Å²) in [4.78, 5) is 10.9. The first-order valence-corrected chi connectivity index (χ1v) is 7.85. The van der Waals surface area contributed by atoms with E-state index < -0.39 is 15.6 Å². The Morgan fingerprint density at radius 1 is 1.09 bits per heavy atom. The number of hydrogen-bond acceptors (Lipinski definition) is 5. The van der Waals surface area contributed by atoms with Gasteiger partial charge in [0.25, 0.3) is 0 Å². The minimum absolute atomic E-state index is 0.0214. The fourth-order valence-corrected chi connectivity index (χ4v) is 3.57. The molecule has 2 aromatic rings. The monoisotopic (exact) mass is 321 g/mol. The highest BCUT2D eigenvalue weighted by Gasteiger charge is 2.22. The smallest absolute Gasteiger partial charge is 0.221 e. The molecule has 0 saturated carbocycles. The third kappa shape index (κ3) is 3.04. The molecule has 0 fully saturated rings. The first kappa shape index (κ1) is 15.8. The van der Waals surface area contributed by atoms with Crippen molar-refractivity contribution in [1.29, 1.82) is 0 Å². The summed E-state index contributed by atoms with van der Waals surface area (Å²) in [5.41, 5.74) is 0.662. The number of phenolic OH excluding ortho intramolecular Hbond substituents is 2. The van der Waals surface area contributed by atoms with E-state index in [4.69, 9.17) is 0 Å². The Balaban J connectivity index is 2.56. The fourth-order valence-electron chi connectivity index (χ4n) is 2.02. The number of rotatable bonds is 3. The van der Waals surface area contributed by atoms with E-state index >= 15 is 0 Å². The number of aromatic hydroxyl groups is 2. The zero-order chi connectivity index (χ0) is 16.5. The Bertz CT molecular complexity index is 843. The number of carbonyl (C=O) groups is 1. The standard InChI is InChI=1S/C15H15NO5S/c1-9-6-13(18)14(19)8-15(9)22(20,21)12-5-3-4-11(7-12)16-10(2)17/h3-8,18-19H,1-2H3,(H,16,17). The summed E-state index contributed by atoms with van der Waals surface area (Å²) < 4.78 is 25.3. The Morgan fingerprint density at radius 3 is 2.36 bits per heavy atom. The second kappa shape index (κ2) is 5.69. The molecule has 0 heterocycles. The van der Waals surface area contributed by atoms with Crippen molar-refractivity contribution in [2.24, 2.45) is 0 Å². The lowest BCUT2D eigenvalue weighted by atomic mass is 10.2. The zero-order valence-corrected chi connectivity index (χ0v) is 12.8. The molecule has 1 amide bonds. The van der Waals surface area contributed by atoms with Crippen LogP contribution in [0.3, 0.4) is 0 Å². The number of sulfone groups is 1. The van der Waals surface area contributed by atoms with Crippen molar-refractivity contribution in [3.05, 3.63) is 42.0 Å². The van der Waals surface area contributed by atoms with Gasteiger partial charge < -0.3 is 15.5 Å². The number of hydrogen-bond donors (Lipinski definition) is 3. The second-order valence-corrected chi connectivity index (χ2v) is 6.74. The zero-order valence-electron chi connectivity index (χ0n) is 12.0. The molecule has 116 valence electrons. The highest BCUT2D eigenvalue weighted by Crippen LogP contribution is 2.33. The Labute approximate surface area is 128 Å². The number of phenols is 2. The molecule has 0 aromatic heterocycles.